The number of para-hydroxylation sites is 2. The van der Waals surface area contributed by atoms with Crippen LogP contribution in [0.15, 0.2) is 224 Å². The molecule has 0 fully saturated rings. The number of hydrogen-bond donors (Lipinski definition) is 0. The van der Waals surface area contributed by atoms with Gasteiger partial charge in [-0.1, -0.05) is 188 Å². The molecule has 1 nitrogen and oxygen atoms in total. The number of rotatable bonds is 5. The fraction of sp³-hybridized carbons (Fsp3) is 0.0175. The van der Waals surface area contributed by atoms with Crippen LogP contribution in [0.25, 0.3) is 82.4 Å². The van der Waals surface area contributed by atoms with Gasteiger partial charge in [0.05, 0.1) is 16.4 Å². The van der Waals surface area contributed by atoms with Crippen molar-refractivity contribution in [1.29, 1.82) is 0 Å². The minimum Gasteiger partial charge on any atom is -0.309 e. The fourth-order valence-corrected chi connectivity index (χ4v) is 10.3. The van der Waals surface area contributed by atoms with E-state index in [1.807, 2.05) is 0 Å². The van der Waals surface area contributed by atoms with E-state index in [4.69, 9.17) is 0 Å². The van der Waals surface area contributed by atoms with E-state index in [1.165, 1.54) is 105 Å². The van der Waals surface area contributed by atoms with Gasteiger partial charge in [-0.15, -0.1) is 0 Å². The largest absolute Gasteiger partial charge is 0.309 e. The molecule has 58 heavy (non-hydrogen) atoms. The Balaban J connectivity index is 1.13. The second kappa shape index (κ2) is 12.8. The monoisotopic (exact) mass is 735 g/mol. The molecule has 0 unspecified atom stereocenters. The van der Waals surface area contributed by atoms with Crippen molar-refractivity contribution < 1.29 is 0 Å². The summed E-state index contributed by atoms with van der Waals surface area (Å²) in [7, 11) is 0. The van der Waals surface area contributed by atoms with Gasteiger partial charge in [-0.3, -0.25) is 0 Å². The molecule has 0 amide bonds. The minimum absolute atomic E-state index is 0.468. The van der Waals surface area contributed by atoms with Crippen LogP contribution in [0.4, 0.5) is 0 Å². The molecule has 270 valence electrons. The van der Waals surface area contributed by atoms with Crippen molar-refractivity contribution >= 4 is 43.4 Å². The van der Waals surface area contributed by atoms with Crippen LogP contribution in [-0.2, 0) is 5.41 Å². The maximum absolute atomic E-state index is 2.51. The number of fused-ring (bicyclic) bond motifs is 8. The SMILES string of the molecule is c1ccc(-n2c3ccccc3c3cc(-c4c5ccccc5c(-c5ccc6c(c5)C(c5ccccc5)(c5ccccc5)c5ccccc5-6)c5ccccc45)ccc32)cc1. The summed E-state index contributed by atoms with van der Waals surface area (Å²) in [5.74, 6) is 0. The first-order valence-electron chi connectivity index (χ1n) is 20.2. The van der Waals surface area contributed by atoms with Crippen molar-refractivity contribution in [2.45, 2.75) is 5.41 Å². The topological polar surface area (TPSA) is 4.93 Å². The molecule has 1 heterocycles. The lowest BCUT2D eigenvalue weighted by atomic mass is 9.67. The molecular formula is C57H37N. The first-order valence-corrected chi connectivity index (χ1v) is 20.2. The zero-order valence-corrected chi connectivity index (χ0v) is 31.8. The molecule has 12 rings (SSSR count). The Morgan fingerprint density at radius 2 is 0.741 bits per heavy atom. The van der Waals surface area contributed by atoms with E-state index in [9.17, 15) is 0 Å². The summed E-state index contributed by atoms with van der Waals surface area (Å²) in [6.45, 7) is 0. The average Bonchev–Trinajstić information content (AvgIpc) is 3.79. The van der Waals surface area contributed by atoms with Gasteiger partial charge in [0.2, 0.25) is 0 Å². The lowest BCUT2D eigenvalue weighted by Crippen LogP contribution is -2.28. The van der Waals surface area contributed by atoms with Crippen molar-refractivity contribution in [3.05, 3.63) is 247 Å². The second-order valence-corrected chi connectivity index (χ2v) is 15.5. The van der Waals surface area contributed by atoms with Crippen LogP contribution >= 0.6 is 0 Å². The quantitative estimate of drug-likeness (QED) is 0.155. The van der Waals surface area contributed by atoms with Gasteiger partial charge in [-0.05, 0) is 114 Å². The molecule has 10 aromatic carbocycles. The Morgan fingerprint density at radius 3 is 1.36 bits per heavy atom. The summed E-state index contributed by atoms with van der Waals surface area (Å²) >= 11 is 0. The first-order chi connectivity index (χ1) is 28.8. The molecule has 1 heteroatoms. The lowest BCUT2D eigenvalue weighted by Gasteiger charge is -2.34. The third kappa shape index (κ3) is 4.59. The van der Waals surface area contributed by atoms with Crippen LogP contribution in [0.1, 0.15) is 22.3 Å². The summed E-state index contributed by atoms with van der Waals surface area (Å²) in [6, 6.07) is 83.1. The zero-order chi connectivity index (χ0) is 38.2. The number of benzene rings is 10. The van der Waals surface area contributed by atoms with Gasteiger partial charge in [0.15, 0.2) is 0 Å². The summed E-state index contributed by atoms with van der Waals surface area (Å²) in [5, 5.41) is 7.53. The van der Waals surface area contributed by atoms with E-state index in [0.717, 1.165) is 0 Å². The standard InChI is InChI=1S/C57H37N/c1-4-18-40(19-5-1)57(41-20-6-2-7-21-41)51-30-16-14-24-43(51)44-34-32-39(37-52(44)57)56-48-28-12-10-26-46(48)55(47-27-11-13-29-49(47)56)38-33-35-54-50(36-38)45-25-15-17-31-53(45)58(54)42-22-8-3-9-23-42/h1-37H. The molecule has 0 N–H and O–H groups in total. The average molecular weight is 736 g/mol. The lowest BCUT2D eigenvalue weighted by molar-refractivity contribution is 0.769. The van der Waals surface area contributed by atoms with E-state index >= 15 is 0 Å². The molecule has 0 spiro atoms. The highest BCUT2D eigenvalue weighted by Gasteiger charge is 2.46. The smallest absolute Gasteiger partial charge is 0.0713 e. The number of nitrogens with zero attached hydrogens (tertiary/aromatic N) is 1. The molecule has 1 aliphatic carbocycles. The van der Waals surface area contributed by atoms with Gasteiger partial charge in [-0.25, -0.2) is 0 Å². The maximum atomic E-state index is 2.51. The normalized spacial score (nSPS) is 13.0. The summed E-state index contributed by atoms with van der Waals surface area (Å²) in [4.78, 5) is 0. The summed E-state index contributed by atoms with van der Waals surface area (Å²) < 4.78 is 2.39. The molecule has 1 aliphatic rings. The maximum Gasteiger partial charge on any atom is 0.0713 e. The van der Waals surface area contributed by atoms with Gasteiger partial charge in [-0.2, -0.15) is 0 Å². The Labute approximate surface area is 337 Å². The first kappa shape index (κ1) is 32.7. The van der Waals surface area contributed by atoms with Gasteiger partial charge in [0.1, 0.15) is 0 Å². The third-order valence-electron chi connectivity index (χ3n) is 12.7. The minimum atomic E-state index is -0.468. The highest BCUT2D eigenvalue weighted by molar-refractivity contribution is 6.22. The van der Waals surface area contributed by atoms with Crippen molar-refractivity contribution in [3.8, 4) is 39.1 Å². The second-order valence-electron chi connectivity index (χ2n) is 15.5. The highest BCUT2D eigenvalue weighted by atomic mass is 15.0. The Kier molecular flexibility index (Phi) is 7.21. The van der Waals surface area contributed by atoms with E-state index < -0.39 is 5.41 Å². The van der Waals surface area contributed by atoms with Crippen LogP contribution in [0.5, 0.6) is 0 Å². The van der Waals surface area contributed by atoms with Crippen LogP contribution in [0, 0.1) is 0 Å². The van der Waals surface area contributed by atoms with Crippen LogP contribution in [-0.4, -0.2) is 4.57 Å². The molecule has 0 radical (unpaired) electrons. The van der Waals surface area contributed by atoms with Gasteiger partial charge in [0, 0.05) is 16.5 Å². The fourth-order valence-electron chi connectivity index (χ4n) is 10.3. The van der Waals surface area contributed by atoms with E-state index in [0.29, 0.717) is 0 Å². The molecule has 0 bridgehead atoms. The van der Waals surface area contributed by atoms with E-state index in [2.05, 4.69) is 229 Å². The number of hydrogen-bond acceptors (Lipinski definition) is 0. The molecule has 11 aromatic rings. The molecule has 0 atom stereocenters. The van der Waals surface area contributed by atoms with Crippen LogP contribution in [0.2, 0.25) is 0 Å². The van der Waals surface area contributed by atoms with Crippen LogP contribution in [0.3, 0.4) is 0 Å². The Hall–Kier alpha value is -7.48. The third-order valence-corrected chi connectivity index (χ3v) is 12.7. The highest BCUT2D eigenvalue weighted by Crippen LogP contribution is 2.57. The van der Waals surface area contributed by atoms with Crippen LogP contribution < -0.4 is 0 Å². The van der Waals surface area contributed by atoms with Gasteiger partial charge < -0.3 is 4.57 Å². The van der Waals surface area contributed by atoms with Crippen molar-refractivity contribution in [2.24, 2.45) is 0 Å². The predicted octanol–water partition coefficient (Wildman–Crippen LogP) is 14.8. The van der Waals surface area contributed by atoms with Crippen molar-refractivity contribution in [2.75, 3.05) is 0 Å². The number of aromatic nitrogens is 1. The molecule has 0 aliphatic heterocycles. The Bertz CT molecular complexity index is 3280. The van der Waals surface area contributed by atoms with Gasteiger partial charge >= 0.3 is 0 Å². The summed E-state index contributed by atoms with van der Waals surface area (Å²) in [6.07, 6.45) is 0. The molecular weight excluding hydrogens is 699 g/mol. The zero-order valence-electron chi connectivity index (χ0n) is 31.8. The summed E-state index contributed by atoms with van der Waals surface area (Å²) in [5.41, 5.74) is 15.9. The van der Waals surface area contributed by atoms with E-state index in [1.54, 1.807) is 0 Å². The molecule has 0 saturated carbocycles. The van der Waals surface area contributed by atoms with Crippen molar-refractivity contribution in [1.82, 2.24) is 4.57 Å². The predicted molar refractivity (Wildman–Crippen MR) is 244 cm³/mol. The molecule has 0 saturated heterocycles. The Morgan fingerprint density at radius 1 is 0.293 bits per heavy atom. The van der Waals surface area contributed by atoms with E-state index in [-0.39, 0.29) is 0 Å². The molecule has 1 aromatic heterocycles. The van der Waals surface area contributed by atoms with Crippen molar-refractivity contribution in [3.63, 3.8) is 0 Å². The van der Waals surface area contributed by atoms with Gasteiger partial charge in [0.25, 0.3) is 0 Å².